The van der Waals surface area contributed by atoms with Crippen molar-refractivity contribution in [2.45, 2.75) is 44.7 Å². The van der Waals surface area contributed by atoms with Crippen molar-refractivity contribution >= 4 is 11.4 Å². The van der Waals surface area contributed by atoms with Crippen LogP contribution in [-0.2, 0) is 11.4 Å². The second-order valence-electron chi connectivity index (χ2n) is 3.76. The molecule has 1 unspecified atom stereocenters. The van der Waals surface area contributed by atoms with Crippen LogP contribution >= 0.6 is 0 Å². The van der Waals surface area contributed by atoms with Gasteiger partial charge in [-0.3, -0.25) is 0 Å². The molecule has 0 fully saturated rings. The smallest absolute Gasteiger partial charge is 0.407 e. The summed E-state index contributed by atoms with van der Waals surface area (Å²) in [6, 6.07) is -1.74. The van der Waals surface area contributed by atoms with Crippen LogP contribution in [0, 0.1) is 0 Å². The Hall–Kier alpha value is 0.0600. The molecule has 0 heterocycles. The van der Waals surface area contributed by atoms with Crippen molar-refractivity contribution in [3.8, 4) is 0 Å². The largest absolute Gasteiger partial charge is 0.598 e. The fraction of sp³-hybridized carbons (Fsp3) is 1.00. The molecule has 13 heavy (non-hydrogen) atoms. The number of rotatable bonds is 2. The second kappa shape index (κ2) is 4.06. The third-order valence-electron chi connectivity index (χ3n) is 1.33. The van der Waals surface area contributed by atoms with E-state index in [1.807, 2.05) is 4.72 Å². The normalized spacial score (nSPS) is 18.5. The minimum Gasteiger partial charge on any atom is -0.598 e. The minimum absolute atomic E-state index is 0.681. The van der Waals surface area contributed by atoms with Gasteiger partial charge in [-0.2, -0.15) is 13.2 Å². The van der Waals surface area contributed by atoms with E-state index >= 15 is 0 Å². The molecule has 6 heteroatoms. The van der Waals surface area contributed by atoms with Crippen molar-refractivity contribution in [3.05, 3.63) is 0 Å². The molecular weight excluding hydrogens is 203 g/mol. The summed E-state index contributed by atoms with van der Waals surface area (Å²) in [6.07, 6.45) is -4.35. The average molecular weight is 217 g/mol. The quantitative estimate of drug-likeness (QED) is 0.718. The molecule has 0 rings (SSSR count). The van der Waals surface area contributed by atoms with E-state index in [0.29, 0.717) is 0 Å². The Kier molecular flexibility index (Phi) is 4.08. The topological polar surface area (TPSA) is 35.1 Å². The highest BCUT2D eigenvalue weighted by molar-refractivity contribution is 7.90. The maximum Gasteiger partial charge on any atom is 0.407 e. The lowest BCUT2D eigenvalue weighted by atomic mass is 10.3. The Morgan fingerprint density at radius 1 is 1.23 bits per heavy atom. The molecule has 0 aromatic rings. The molecule has 0 aliphatic heterocycles. The summed E-state index contributed by atoms with van der Waals surface area (Å²) in [6.45, 7) is 5.78. The molecule has 0 aliphatic carbocycles. The van der Waals surface area contributed by atoms with E-state index in [1.54, 1.807) is 20.8 Å². The van der Waals surface area contributed by atoms with Gasteiger partial charge in [0.2, 0.25) is 0 Å². The highest BCUT2D eigenvalue weighted by Gasteiger charge is 2.41. The van der Waals surface area contributed by atoms with Crippen LogP contribution in [0.2, 0.25) is 0 Å². The number of nitrogens with one attached hydrogen (secondary N) is 1. The molecule has 0 bridgehead atoms. The second-order valence-corrected chi connectivity index (χ2v) is 5.76. The summed E-state index contributed by atoms with van der Waals surface area (Å²) in [5, 5.41) is 0. The molecule has 0 radical (unpaired) electrons. The van der Waals surface area contributed by atoms with Gasteiger partial charge in [-0.15, -0.1) is 4.72 Å². The van der Waals surface area contributed by atoms with Crippen molar-refractivity contribution in [2.24, 2.45) is 0 Å². The maximum atomic E-state index is 12.0. The molecule has 0 aromatic heterocycles. The molecule has 0 amide bonds. The van der Waals surface area contributed by atoms with Crippen molar-refractivity contribution in [2.75, 3.05) is 0 Å². The van der Waals surface area contributed by atoms with Crippen LogP contribution in [0.15, 0.2) is 0 Å². The summed E-state index contributed by atoms with van der Waals surface area (Å²) in [5.74, 6) is 0. The molecule has 2 atom stereocenters. The van der Waals surface area contributed by atoms with Crippen LogP contribution in [-0.4, -0.2) is 21.5 Å². The van der Waals surface area contributed by atoms with Gasteiger partial charge in [0.1, 0.15) is 10.8 Å². The monoisotopic (exact) mass is 217 g/mol. The van der Waals surface area contributed by atoms with Crippen LogP contribution in [0.25, 0.3) is 0 Å². The van der Waals surface area contributed by atoms with Crippen LogP contribution < -0.4 is 4.72 Å². The minimum atomic E-state index is -4.35. The van der Waals surface area contributed by atoms with E-state index in [9.17, 15) is 17.7 Å². The third-order valence-corrected chi connectivity index (χ3v) is 3.01. The first-order valence-corrected chi connectivity index (χ1v) is 4.95. The van der Waals surface area contributed by atoms with Gasteiger partial charge in [-0.05, 0) is 27.7 Å². The van der Waals surface area contributed by atoms with Gasteiger partial charge >= 0.3 is 6.18 Å². The zero-order valence-electron chi connectivity index (χ0n) is 8.03. The van der Waals surface area contributed by atoms with Gasteiger partial charge in [0.05, 0.1) is 0 Å². The first-order chi connectivity index (χ1) is 5.55. The Morgan fingerprint density at radius 3 is 1.85 bits per heavy atom. The van der Waals surface area contributed by atoms with Gasteiger partial charge in [-0.25, -0.2) is 0 Å². The molecule has 0 spiro atoms. The lowest BCUT2D eigenvalue weighted by molar-refractivity contribution is -0.147. The first-order valence-electron chi connectivity index (χ1n) is 3.80. The van der Waals surface area contributed by atoms with Gasteiger partial charge in [-0.1, -0.05) is 0 Å². The molecule has 1 N–H and O–H groups in total. The van der Waals surface area contributed by atoms with Crippen molar-refractivity contribution in [1.29, 1.82) is 0 Å². The summed E-state index contributed by atoms with van der Waals surface area (Å²) < 4.78 is 48.5. The van der Waals surface area contributed by atoms with E-state index in [2.05, 4.69) is 0 Å². The molecule has 80 valence electrons. The zero-order valence-corrected chi connectivity index (χ0v) is 8.84. The molecule has 2 nitrogen and oxygen atoms in total. The predicted molar refractivity (Wildman–Crippen MR) is 46.5 cm³/mol. The highest BCUT2D eigenvalue weighted by atomic mass is 32.2. The molecule has 0 aliphatic rings. The molecule has 0 saturated heterocycles. The number of alkyl halides is 3. The van der Waals surface area contributed by atoms with Crippen molar-refractivity contribution in [3.63, 3.8) is 0 Å². The van der Waals surface area contributed by atoms with Gasteiger partial charge in [0.15, 0.2) is 0 Å². The first kappa shape index (κ1) is 13.1. The van der Waals surface area contributed by atoms with E-state index in [4.69, 9.17) is 0 Å². The van der Waals surface area contributed by atoms with Crippen LogP contribution in [0.1, 0.15) is 27.7 Å². The summed E-state index contributed by atoms with van der Waals surface area (Å²) in [4.78, 5) is 0. The van der Waals surface area contributed by atoms with Gasteiger partial charge in [0, 0.05) is 11.4 Å². The third kappa shape index (κ3) is 4.73. The zero-order chi connectivity index (χ0) is 10.9. The summed E-state index contributed by atoms with van der Waals surface area (Å²) in [5.41, 5.74) is 0. The van der Waals surface area contributed by atoms with Gasteiger partial charge in [0.25, 0.3) is 0 Å². The Morgan fingerprint density at radius 2 is 1.62 bits per heavy atom. The fourth-order valence-corrected chi connectivity index (χ4v) is 1.21. The lowest BCUT2D eigenvalue weighted by Crippen LogP contribution is -2.49. The van der Waals surface area contributed by atoms with Crippen LogP contribution in [0.3, 0.4) is 0 Å². The van der Waals surface area contributed by atoms with Crippen molar-refractivity contribution in [1.82, 2.24) is 4.72 Å². The molecular formula is C7H14F3NOS. The van der Waals surface area contributed by atoms with Gasteiger partial charge < -0.3 is 4.55 Å². The number of hydrogen-bond donors (Lipinski definition) is 1. The Labute approximate surface area is 79.2 Å². The fourth-order valence-electron chi connectivity index (χ4n) is 0.404. The van der Waals surface area contributed by atoms with E-state index < -0.39 is 28.3 Å². The van der Waals surface area contributed by atoms with E-state index in [1.165, 1.54) is 0 Å². The van der Waals surface area contributed by atoms with Crippen LogP contribution in [0.4, 0.5) is 13.2 Å². The summed E-state index contributed by atoms with van der Waals surface area (Å²) >= 11 is -1.68. The SMILES string of the molecule is CC(N[S@+]([O-])C(C)(C)C)C(F)(F)F. The van der Waals surface area contributed by atoms with Crippen molar-refractivity contribution < 1.29 is 17.7 Å². The lowest BCUT2D eigenvalue weighted by Gasteiger charge is -2.27. The summed E-state index contributed by atoms with van der Waals surface area (Å²) in [7, 11) is 0. The molecule has 0 saturated carbocycles. The molecule has 0 aromatic carbocycles. The highest BCUT2D eigenvalue weighted by Crippen LogP contribution is 2.22. The number of halogens is 3. The number of hydrogen-bond acceptors (Lipinski definition) is 2. The van der Waals surface area contributed by atoms with E-state index in [-0.39, 0.29) is 0 Å². The van der Waals surface area contributed by atoms with E-state index in [0.717, 1.165) is 6.92 Å². The van der Waals surface area contributed by atoms with Crippen LogP contribution in [0.5, 0.6) is 0 Å². The predicted octanol–water partition coefficient (Wildman–Crippen LogP) is 1.99. The Balaban J connectivity index is 4.15. The average Bonchev–Trinajstić information content (AvgIpc) is 1.82. The maximum absolute atomic E-state index is 12.0. The standard InChI is InChI=1S/C7H14F3NOS/c1-5(7(8,9)10)11-13(12)6(2,3)4/h5,11H,1-4H3/t5?,13-/m1/s1. The Bertz CT molecular complexity index is 148.